The van der Waals surface area contributed by atoms with Crippen molar-refractivity contribution in [3.8, 4) is 0 Å². The first-order chi connectivity index (χ1) is 7.70. The zero-order valence-corrected chi connectivity index (χ0v) is 9.90. The van der Waals surface area contributed by atoms with Crippen molar-refractivity contribution >= 4 is 10.9 Å². The van der Waals surface area contributed by atoms with Gasteiger partial charge in [-0.15, -0.1) is 0 Å². The predicted octanol–water partition coefficient (Wildman–Crippen LogP) is 2.68. The number of nitrogens with two attached hydrogens (primary N) is 1. The van der Waals surface area contributed by atoms with Crippen LogP contribution in [0.2, 0.25) is 0 Å². The molecular formula is C14H18N2. The number of hydrogen-bond donors (Lipinski definition) is 1. The molecule has 1 heterocycles. The molecule has 16 heavy (non-hydrogen) atoms. The van der Waals surface area contributed by atoms with Gasteiger partial charge in [-0.3, -0.25) is 4.98 Å². The summed E-state index contributed by atoms with van der Waals surface area (Å²) in [4.78, 5) is 4.62. The lowest BCUT2D eigenvalue weighted by Gasteiger charge is -2.10. The number of para-hydroxylation sites is 1. The Labute approximate surface area is 96.5 Å². The average Bonchev–Trinajstić information content (AvgIpc) is 2.29. The summed E-state index contributed by atoms with van der Waals surface area (Å²) in [5.74, 6) is 0.507. The third kappa shape index (κ3) is 2.22. The lowest BCUT2D eigenvalue weighted by molar-refractivity contribution is 0.594. The average molecular weight is 214 g/mol. The lowest BCUT2D eigenvalue weighted by atomic mass is 9.99. The standard InChI is InChI=1S/C14H18N2/c1-10(9-15)8-13-5-3-4-12-7-6-11(2)16-14(12)13/h3-7,10H,8-9,15H2,1-2H3. The van der Waals surface area contributed by atoms with Crippen molar-refractivity contribution in [1.29, 1.82) is 0 Å². The third-order valence-corrected chi connectivity index (χ3v) is 2.91. The van der Waals surface area contributed by atoms with Gasteiger partial charge in [-0.1, -0.05) is 31.2 Å². The molecule has 1 aromatic heterocycles. The molecule has 1 unspecified atom stereocenters. The molecule has 2 nitrogen and oxygen atoms in total. The molecule has 0 aliphatic rings. The zero-order valence-electron chi connectivity index (χ0n) is 9.90. The van der Waals surface area contributed by atoms with E-state index in [1.807, 2.05) is 6.92 Å². The van der Waals surface area contributed by atoms with E-state index in [2.05, 4.69) is 42.2 Å². The maximum absolute atomic E-state index is 5.67. The van der Waals surface area contributed by atoms with E-state index in [1.165, 1.54) is 10.9 Å². The van der Waals surface area contributed by atoms with E-state index >= 15 is 0 Å². The fourth-order valence-electron chi connectivity index (χ4n) is 1.93. The van der Waals surface area contributed by atoms with Crippen LogP contribution in [0.1, 0.15) is 18.2 Å². The summed E-state index contributed by atoms with van der Waals surface area (Å²) in [5, 5.41) is 1.22. The predicted molar refractivity (Wildman–Crippen MR) is 68.4 cm³/mol. The Bertz CT molecular complexity index is 491. The van der Waals surface area contributed by atoms with Gasteiger partial charge in [-0.25, -0.2) is 0 Å². The van der Waals surface area contributed by atoms with Crippen LogP contribution in [0, 0.1) is 12.8 Å². The Morgan fingerprint density at radius 3 is 2.81 bits per heavy atom. The quantitative estimate of drug-likeness (QED) is 0.853. The highest BCUT2D eigenvalue weighted by atomic mass is 14.7. The number of fused-ring (bicyclic) bond motifs is 1. The molecule has 0 radical (unpaired) electrons. The van der Waals surface area contributed by atoms with Crippen molar-refractivity contribution in [2.45, 2.75) is 20.3 Å². The molecule has 1 atom stereocenters. The molecule has 0 saturated heterocycles. The highest BCUT2D eigenvalue weighted by molar-refractivity contribution is 5.81. The van der Waals surface area contributed by atoms with Crippen molar-refractivity contribution in [1.82, 2.24) is 4.98 Å². The van der Waals surface area contributed by atoms with Crippen LogP contribution in [-0.2, 0) is 6.42 Å². The normalized spacial score (nSPS) is 12.9. The monoisotopic (exact) mass is 214 g/mol. The molecule has 2 aromatic rings. The minimum atomic E-state index is 0.507. The molecule has 0 fully saturated rings. The summed E-state index contributed by atoms with van der Waals surface area (Å²) in [6, 6.07) is 10.5. The molecule has 1 aromatic carbocycles. The number of aryl methyl sites for hydroxylation is 1. The van der Waals surface area contributed by atoms with Crippen LogP contribution in [-0.4, -0.2) is 11.5 Å². The summed E-state index contributed by atoms with van der Waals surface area (Å²) in [5.41, 5.74) is 9.18. The topological polar surface area (TPSA) is 38.9 Å². The Kier molecular flexibility index (Phi) is 3.20. The Hall–Kier alpha value is -1.41. The second kappa shape index (κ2) is 4.62. The fourth-order valence-corrected chi connectivity index (χ4v) is 1.93. The van der Waals surface area contributed by atoms with E-state index < -0.39 is 0 Å². The van der Waals surface area contributed by atoms with Crippen molar-refractivity contribution in [2.24, 2.45) is 11.7 Å². The SMILES string of the molecule is Cc1ccc2cccc(CC(C)CN)c2n1. The van der Waals surface area contributed by atoms with Crippen LogP contribution in [0.3, 0.4) is 0 Å². The number of aromatic nitrogens is 1. The maximum Gasteiger partial charge on any atom is 0.0737 e. The Morgan fingerprint density at radius 2 is 2.06 bits per heavy atom. The van der Waals surface area contributed by atoms with E-state index in [9.17, 15) is 0 Å². The summed E-state index contributed by atoms with van der Waals surface area (Å²) in [6.07, 6.45) is 1.00. The molecule has 0 saturated carbocycles. The van der Waals surface area contributed by atoms with Crippen molar-refractivity contribution in [3.63, 3.8) is 0 Å². The van der Waals surface area contributed by atoms with Gasteiger partial charge in [0.1, 0.15) is 0 Å². The molecule has 0 bridgehead atoms. The number of rotatable bonds is 3. The van der Waals surface area contributed by atoms with E-state index in [-0.39, 0.29) is 0 Å². The molecule has 0 aliphatic heterocycles. The van der Waals surface area contributed by atoms with Gasteiger partial charge in [-0.05, 0) is 37.4 Å². The van der Waals surface area contributed by atoms with Gasteiger partial charge in [0.05, 0.1) is 5.52 Å². The van der Waals surface area contributed by atoms with Crippen LogP contribution >= 0.6 is 0 Å². The van der Waals surface area contributed by atoms with E-state index in [0.29, 0.717) is 5.92 Å². The van der Waals surface area contributed by atoms with Gasteiger partial charge in [0, 0.05) is 11.1 Å². The van der Waals surface area contributed by atoms with Gasteiger partial charge in [-0.2, -0.15) is 0 Å². The zero-order chi connectivity index (χ0) is 11.5. The van der Waals surface area contributed by atoms with Crippen LogP contribution in [0.25, 0.3) is 10.9 Å². The molecular weight excluding hydrogens is 196 g/mol. The number of benzene rings is 1. The van der Waals surface area contributed by atoms with Crippen LogP contribution in [0.15, 0.2) is 30.3 Å². The smallest absolute Gasteiger partial charge is 0.0737 e. The largest absolute Gasteiger partial charge is 0.330 e. The van der Waals surface area contributed by atoms with Gasteiger partial charge in [0.25, 0.3) is 0 Å². The van der Waals surface area contributed by atoms with Crippen LogP contribution < -0.4 is 5.73 Å². The van der Waals surface area contributed by atoms with Crippen molar-refractivity contribution in [2.75, 3.05) is 6.54 Å². The van der Waals surface area contributed by atoms with Gasteiger partial charge in [0.15, 0.2) is 0 Å². The summed E-state index contributed by atoms with van der Waals surface area (Å²) in [7, 11) is 0. The first-order valence-electron chi connectivity index (χ1n) is 5.76. The van der Waals surface area contributed by atoms with E-state index in [4.69, 9.17) is 5.73 Å². The molecule has 2 N–H and O–H groups in total. The molecule has 2 heteroatoms. The molecule has 0 aliphatic carbocycles. The highest BCUT2D eigenvalue weighted by Crippen LogP contribution is 2.19. The summed E-state index contributed by atoms with van der Waals surface area (Å²) >= 11 is 0. The van der Waals surface area contributed by atoms with Crippen LogP contribution in [0.5, 0.6) is 0 Å². The first kappa shape index (κ1) is 11.1. The second-order valence-electron chi connectivity index (χ2n) is 4.49. The minimum absolute atomic E-state index is 0.507. The first-order valence-corrected chi connectivity index (χ1v) is 5.76. The Balaban J connectivity index is 2.47. The van der Waals surface area contributed by atoms with E-state index in [0.717, 1.165) is 24.2 Å². The van der Waals surface area contributed by atoms with Gasteiger partial charge in [0.2, 0.25) is 0 Å². The van der Waals surface area contributed by atoms with Crippen molar-refractivity contribution in [3.05, 3.63) is 41.6 Å². The van der Waals surface area contributed by atoms with Crippen LogP contribution in [0.4, 0.5) is 0 Å². The molecule has 2 rings (SSSR count). The Morgan fingerprint density at radius 1 is 1.25 bits per heavy atom. The minimum Gasteiger partial charge on any atom is -0.330 e. The van der Waals surface area contributed by atoms with Crippen molar-refractivity contribution < 1.29 is 0 Å². The number of nitrogens with zero attached hydrogens (tertiary/aromatic N) is 1. The summed E-state index contributed by atoms with van der Waals surface area (Å²) < 4.78 is 0. The van der Waals surface area contributed by atoms with E-state index in [1.54, 1.807) is 0 Å². The number of pyridine rings is 1. The molecule has 0 amide bonds. The maximum atomic E-state index is 5.67. The van der Waals surface area contributed by atoms with Gasteiger partial charge >= 0.3 is 0 Å². The van der Waals surface area contributed by atoms with Gasteiger partial charge < -0.3 is 5.73 Å². The third-order valence-electron chi connectivity index (χ3n) is 2.91. The second-order valence-corrected chi connectivity index (χ2v) is 4.49. The molecule has 0 spiro atoms. The highest BCUT2D eigenvalue weighted by Gasteiger charge is 2.06. The summed E-state index contributed by atoms with van der Waals surface area (Å²) in [6.45, 7) is 4.93. The molecule has 84 valence electrons. The fraction of sp³-hybridized carbons (Fsp3) is 0.357. The lowest BCUT2D eigenvalue weighted by Crippen LogP contribution is -2.13. The number of hydrogen-bond acceptors (Lipinski definition) is 2.